The molecule has 0 atom stereocenters. The molecule has 0 amide bonds. The average molecular weight is 1410 g/mol. The number of nitro benzene ring substituents is 2. The number of nitrogens with zero attached hydrogens (tertiary/aromatic N) is 8. The summed E-state index contributed by atoms with van der Waals surface area (Å²) in [6.45, 7) is 1.45. The van der Waals surface area contributed by atoms with E-state index < -0.39 is 39.7 Å². The summed E-state index contributed by atoms with van der Waals surface area (Å²) in [5, 5.41) is 74.5. The van der Waals surface area contributed by atoms with Crippen LogP contribution in [0.5, 0.6) is 0 Å². The van der Waals surface area contributed by atoms with Crippen molar-refractivity contribution in [1.82, 2.24) is 29.9 Å². The van der Waals surface area contributed by atoms with Crippen LogP contribution in [0.4, 0.5) is 22.7 Å². The number of carbonyl (C=O) groups excluding carboxylic acids is 1. The van der Waals surface area contributed by atoms with E-state index in [-0.39, 0.29) is 77.2 Å². The van der Waals surface area contributed by atoms with Crippen molar-refractivity contribution in [1.29, 1.82) is 0 Å². The number of hydrogen-bond donors (Lipinski definition) is 7. The Morgan fingerprint density at radius 3 is 0.679 bits per heavy atom. The van der Waals surface area contributed by atoms with Crippen LogP contribution in [-0.2, 0) is 0 Å². The quantitative estimate of drug-likeness (QED) is 0.0175. The monoisotopic (exact) mass is 1410 g/mol. The molecule has 0 bridgehead atoms. The molecule has 6 heterocycles. The summed E-state index contributed by atoms with van der Waals surface area (Å²) in [6, 6.07) is 64.3. The molecule has 0 saturated carbocycles. The van der Waals surface area contributed by atoms with Gasteiger partial charge in [0.25, 0.3) is 11.4 Å². The van der Waals surface area contributed by atoms with E-state index in [9.17, 15) is 74.5 Å². The molecule has 0 spiro atoms. The van der Waals surface area contributed by atoms with Gasteiger partial charge in [0.15, 0.2) is 5.78 Å². The predicted octanol–water partition coefficient (Wildman–Crippen LogP) is 17.3. The van der Waals surface area contributed by atoms with Crippen molar-refractivity contribution in [3.05, 3.63) is 285 Å². The largest absolute Gasteiger partial charge is 0.477 e. The van der Waals surface area contributed by atoms with Crippen LogP contribution in [0.15, 0.2) is 231 Å². The number of aromatic carboxylic acids is 5. The smallest absolute Gasteiger partial charge is 0.354 e. The first kappa shape index (κ1) is 72.1. The zero-order chi connectivity index (χ0) is 73.4. The van der Waals surface area contributed by atoms with Gasteiger partial charge in [-0.1, -0.05) is 136 Å². The number of nitrogen functional groups attached to an aromatic ring is 2. The van der Waals surface area contributed by atoms with Crippen molar-refractivity contribution >= 4 is 124 Å². The number of carboxylic acids is 5. The number of carbonyl (C=O) groups is 6. The summed E-state index contributed by atoms with van der Waals surface area (Å²) >= 11 is 0. The van der Waals surface area contributed by atoms with E-state index in [0.717, 1.165) is 38.6 Å². The van der Waals surface area contributed by atoms with Crippen LogP contribution in [0.2, 0.25) is 0 Å². The second kappa shape index (κ2) is 29.6. The summed E-state index contributed by atoms with van der Waals surface area (Å²) in [5.74, 6) is -6.37. The van der Waals surface area contributed by atoms with Crippen molar-refractivity contribution in [2.45, 2.75) is 21.8 Å². The molecule has 15 aromatic rings. The lowest BCUT2D eigenvalue weighted by Gasteiger charge is -2.14. The highest BCUT2D eigenvalue weighted by molar-refractivity contribution is 6.17. The van der Waals surface area contributed by atoms with Crippen molar-refractivity contribution in [3.63, 3.8) is 0 Å². The summed E-state index contributed by atoms with van der Waals surface area (Å²) in [7, 11) is 0. The Morgan fingerprint density at radius 1 is 0.292 bits per heavy atom. The average Bonchev–Trinajstić information content (AvgIpc) is 0.755. The predicted molar refractivity (Wildman–Crippen MR) is 404 cm³/mol. The first-order chi connectivity index (χ1) is 50.0. The minimum absolute atomic E-state index is 0. The number of aromatic nitrogens is 6. The molecule has 0 aliphatic rings. The third-order valence-corrected chi connectivity index (χ3v) is 17.1. The van der Waals surface area contributed by atoms with E-state index >= 15 is 0 Å². The minimum atomic E-state index is -1.34. The molecule has 0 radical (unpaired) electrons. The van der Waals surface area contributed by atoms with Gasteiger partial charge in [0, 0.05) is 74.9 Å². The minimum Gasteiger partial charge on any atom is -0.477 e. The summed E-state index contributed by atoms with van der Waals surface area (Å²) in [5.41, 5.74) is 21.6. The number of nitro groups is 2. The van der Waals surface area contributed by atoms with Gasteiger partial charge in [-0.3, -0.25) is 25.0 Å². The first-order valence-corrected chi connectivity index (χ1v) is 31.3. The fraction of sp³-hybridized carbons (Fsp3) is 0.0370. The molecular weight excluding hydrogens is 1350 g/mol. The first-order valence-electron chi connectivity index (χ1n) is 31.3. The number of benzene rings is 9. The van der Waals surface area contributed by atoms with Crippen molar-refractivity contribution in [3.8, 4) is 66.8 Å². The second-order valence-electron chi connectivity index (χ2n) is 23.6. The van der Waals surface area contributed by atoms with Gasteiger partial charge in [-0.15, -0.1) is 0 Å². The van der Waals surface area contributed by atoms with Crippen LogP contribution >= 0.6 is 0 Å². The number of non-ortho nitro benzene ring substituents is 2. The molecule has 522 valence electrons. The summed E-state index contributed by atoms with van der Waals surface area (Å²) in [4.78, 5) is 119. The van der Waals surface area contributed by atoms with Gasteiger partial charge in [0.2, 0.25) is 0 Å². The summed E-state index contributed by atoms with van der Waals surface area (Å²) in [6.07, 6.45) is 0. The van der Waals surface area contributed by atoms with Gasteiger partial charge in [-0.05, 0) is 152 Å². The lowest BCUT2D eigenvalue weighted by atomic mass is 9.94. The Hall–Kier alpha value is -15.1. The Kier molecular flexibility index (Phi) is 20.1. The van der Waals surface area contributed by atoms with Crippen LogP contribution in [0.3, 0.4) is 0 Å². The van der Waals surface area contributed by atoms with Gasteiger partial charge in [0.1, 0.15) is 34.2 Å². The molecule has 25 nitrogen and oxygen atoms in total. The molecule has 0 aliphatic heterocycles. The third-order valence-electron chi connectivity index (χ3n) is 17.1. The Balaban J connectivity index is 0.000000158. The highest BCUT2D eigenvalue weighted by atomic mass is 16.6. The molecule has 0 saturated heterocycles. The highest BCUT2D eigenvalue weighted by Crippen LogP contribution is 2.41. The second-order valence-corrected chi connectivity index (χ2v) is 23.6. The number of rotatable bonds is 14. The molecule has 0 unspecified atom stereocenters. The molecule has 9 N–H and O–H groups in total. The van der Waals surface area contributed by atoms with E-state index in [1.807, 2.05) is 109 Å². The highest BCUT2D eigenvalue weighted by Gasteiger charge is 2.24. The van der Waals surface area contributed by atoms with E-state index in [0.29, 0.717) is 93.9 Å². The Labute approximate surface area is 600 Å². The van der Waals surface area contributed by atoms with Crippen molar-refractivity contribution < 1.29 is 64.1 Å². The molecular formula is C81H58N10O15. The molecule has 15 rings (SSSR count). The molecule has 25 heteroatoms. The topological polar surface area (TPSA) is 419 Å². The van der Waals surface area contributed by atoms with Gasteiger partial charge in [-0.2, -0.15) is 0 Å². The maximum atomic E-state index is 12.3. The number of nitrogens with two attached hydrogens (primary N) is 2. The number of anilines is 2. The number of ketones is 1. The molecule has 6 aromatic heterocycles. The van der Waals surface area contributed by atoms with Crippen LogP contribution in [-0.4, -0.2) is 101 Å². The van der Waals surface area contributed by atoms with E-state index in [2.05, 4.69) is 29.9 Å². The zero-order valence-corrected chi connectivity index (χ0v) is 54.0. The standard InChI is InChI=1S/C27H20N4O3.C26H14N4O8.C26H16N2O4.2CH4/c1-14(32)23-12-21(15-2-6-17(28)7-3-15)19-10-11-20-22(16-4-8-18(29)9-5-16)13-24(27(33)34)31-26(20)25(19)30-23;31-25(32)21-11-19(13-1-5-15(6-2-13)29(35)36)17-9-10-18-20(14-3-7-16(8-4-14)30(37)38)12-22(26(33)34)28-24(18)23(17)27-21;29-25(30)21-13-19(15-7-3-1-4-8-15)17-11-12-18-20(16-9-5-2-6-10-16)14-22(26(31)32)28-24(18)23(17)27-21;;/h2-13H,28-29H2,1H3,(H,33,34);1-12H,(H,31,32)(H,33,34);1-14H,(H,29,30)(H,31,32);2*1H4. The molecule has 0 aliphatic carbocycles. The van der Waals surface area contributed by atoms with Crippen LogP contribution in [0.25, 0.3) is 132 Å². The fourth-order valence-corrected chi connectivity index (χ4v) is 12.2. The van der Waals surface area contributed by atoms with E-state index in [1.54, 1.807) is 42.5 Å². The summed E-state index contributed by atoms with van der Waals surface area (Å²) < 4.78 is 0. The maximum absolute atomic E-state index is 12.3. The zero-order valence-electron chi connectivity index (χ0n) is 54.0. The van der Waals surface area contributed by atoms with Crippen molar-refractivity contribution in [2.75, 3.05) is 11.5 Å². The molecule has 9 aromatic carbocycles. The van der Waals surface area contributed by atoms with Gasteiger partial charge >= 0.3 is 29.8 Å². The fourth-order valence-electron chi connectivity index (χ4n) is 12.2. The number of Topliss-reactive ketones (excluding diaryl/α,β-unsaturated/α-hetero) is 1. The number of pyridine rings is 6. The number of hydrogen-bond acceptors (Lipinski definition) is 18. The number of carboxylic acid groups (broad SMARTS) is 5. The Bertz CT molecular complexity index is 5760. The van der Waals surface area contributed by atoms with Crippen LogP contribution in [0.1, 0.15) is 84.7 Å². The lowest BCUT2D eigenvalue weighted by Crippen LogP contribution is -2.05. The Morgan fingerprint density at radius 2 is 0.481 bits per heavy atom. The van der Waals surface area contributed by atoms with Crippen LogP contribution in [0, 0.1) is 20.2 Å². The SMILES string of the molecule is C.C.CC(=O)c1cc(-c2ccc(N)cc2)c2ccc3c(-c4ccc(N)cc4)cc(C(=O)O)nc3c2n1.O=C(O)c1cc(-c2ccc([N+](=O)[O-])cc2)c2ccc3c(-c4ccc([N+](=O)[O-])cc4)cc(C(=O)O)nc3c2n1.O=C(O)c1cc(-c2ccccc2)c2ccc3c(-c4ccccc4)cc(C(=O)O)nc3c2n1. The third kappa shape index (κ3) is 14.2. The van der Waals surface area contributed by atoms with Gasteiger partial charge in [-0.25, -0.2) is 53.9 Å². The molecule has 106 heavy (non-hydrogen) atoms. The van der Waals surface area contributed by atoms with Gasteiger partial charge < -0.3 is 37.0 Å². The molecule has 0 fully saturated rings. The van der Waals surface area contributed by atoms with Crippen molar-refractivity contribution in [2.24, 2.45) is 0 Å². The number of fused-ring (bicyclic) bond motifs is 9. The van der Waals surface area contributed by atoms with Crippen LogP contribution < -0.4 is 11.5 Å². The maximum Gasteiger partial charge on any atom is 0.354 e. The lowest BCUT2D eigenvalue weighted by molar-refractivity contribution is -0.385. The van der Waals surface area contributed by atoms with E-state index in [4.69, 9.17) is 11.5 Å². The normalized spacial score (nSPS) is 10.8. The van der Waals surface area contributed by atoms with Gasteiger partial charge in [0.05, 0.1) is 42.9 Å². The van der Waals surface area contributed by atoms with E-state index in [1.165, 1.54) is 85.8 Å².